The van der Waals surface area contributed by atoms with E-state index in [2.05, 4.69) is 58.9 Å². The summed E-state index contributed by atoms with van der Waals surface area (Å²) in [5, 5.41) is 0. The summed E-state index contributed by atoms with van der Waals surface area (Å²) in [5.41, 5.74) is 8.92. The minimum Gasteiger partial charge on any atom is -0.379 e. The van der Waals surface area contributed by atoms with E-state index in [-0.39, 0.29) is 16.4 Å². The highest BCUT2D eigenvalue weighted by molar-refractivity contribution is 5.36. The van der Waals surface area contributed by atoms with E-state index in [0.717, 1.165) is 13.2 Å². The van der Waals surface area contributed by atoms with Crippen molar-refractivity contribution in [2.24, 2.45) is 5.73 Å². The molecule has 2 N–H and O–H groups in total. The fraction of sp³-hybridized carbons (Fsp3) is 0.625. The molecule has 1 saturated heterocycles. The van der Waals surface area contributed by atoms with Crippen LogP contribution in [0.1, 0.15) is 45.7 Å². The lowest BCUT2D eigenvalue weighted by atomic mass is 9.65. The zero-order valence-corrected chi connectivity index (χ0v) is 12.2. The molecule has 1 aromatic rings. The normalized spacial score (nSPS) is 19.4. The molecule has 0 atom stereocenters. The molecule has 0 amide bonds. The van der Waals surface area contributed by atoms with Crippen LogP contribution in [-0.4, -0.2) is 18.8 Å². The second-order valence-corrected chi connectivity index (χ2v) is 7.12. The summed E-state index contributed by atoms with van der Waals surface area (Å²) in [6.07, 6.45) is 0. The van der Waals surface area contributed by atoms with Crippen LogP contribution in [0, 0.1) is 0 Å². The van der Waals surface area contributed by atoms with Crippen molar-refractivity contribution in [1.82, 2.24) is 0 Å². The lowest BCUT2D eigenvalue weighted by Crippen LogP contribution is -2.64. The molecule has 0 unspecified atom stereocenters. The summed E-state index contributed by atoms with van der Waals surface area (Å²) < 4.78 is 5.44. The maximum absolute atomic E-state index is 6.35. The van der Waals surface area contributed by atoms with Gasteiger partial charge in [-0.05, 0) is 30.4 Å². The van der Waals surface area contributed by atoms with Crippen LogP contribution in [-0.2, 0) is 15.6 Å². The predicted molar refractivity (Wildman–Crippen MR) is 75.9 cm³/mol. The zero-order chi connectivity index (χ0) is 13.6. The quantitative estimate of drug-likeness (QED) is 0.872. The number of ether oxygens (including phenoxy) is 1. The highest BCUT2D eigenvalue weighted by atomic mass is 16.5. The monoisotopic (exact) mass is 247 g/mol. The van der Waals surface area contributed by atoms with Gasteiger partial charge in [-0.25, -0.2) is 0 Å². The van der Waals surface area contributed by atoms with Gasteiger partial charge in [0.25, 0.3) is 0 Å². The van der Waals surface area contributed by atoms with Crippen LogP contribution in [0.3, 0.4) is 0 Å². The molecular weight excluding hydrogens is 222 g/mol. The van der Waals surface area contributed by atoms with Crippen molar-refractivity contribution in [2.75, 3.05) is 13.2 Å². The van der Waals surface area contributed by atoms with Crippen molar-refractivity contribution in [1.29, 1.82) is 0 Å². The largest absolute Gasteiger partial charge is 0.379 e. The molecule has 1 fully saturated rings. The third-order valence-electron chi connectivity index (χ3n) is 4.23. The van der Waals surface area contributed by atoms with Gasteiger partial charge in [0.1, 0.15) is 0 Å². The van der Waals surface area contributed by atoms with E-state index >= 15 is 0 Å². The molecule has 0 spiro atoms. The summed E-state index contributed by atoms with van der Waals surface area (Å²) in [6, 6.07) is 8.89. The molecule has 2 rings (SSSR count). The van der Waals surface area contributed by atoms with Crippen LogP contribution in [0.4, 0.5) is 0 Å². The molecular formula is C16H25NO. The van der Waals surface area contributed by atoms with Crippen LogP contribution < -0.4 is 5.73 Å². The van der Waals surface area contributed by atoms with E-state index in [1.807, 2.05) is 0 Å². The van der Waals surface area contributed by atoms with Crippen molar-refractivity contribution >= 4 is 0 Å². The zero-order valence-electron chi connectivity index (χ0n) is 12.2. The fourth-order valence-corrected chi connectivity index (χ4v) is 2.51. The number of rotatable bonds is 2. The molecule has 1 aromatic carbocycles. The van der Waals surface area contributed by atoms with E-state index in [1.54, 1.807) is 0 Å². The van der Waals surface area contributed by atoms with Crippen LogP contribution in [0.15, 0.2) is 24.3 Å². The first kappa shape index (κ1) is 13.6. The molecule has 1 aliphatic heterocycles. The lowest BCUT2D eigenvalue weighted by Gasteiger charge is -2.51. The smallest absolute Gasteiger partial charge is 0.0603 e. The summed E-state index contributed by atoms with van der Waals surface area (Å²) in [4.78, 5) is 0. The van der Waals surface area contributed by atoms with Gasteiger partial charge in [0.15, 0.2) is 0 Å². The highest BCUT2D eigenvalue weighted by Crippen LogP contribution is 2.41. The van der Waals surface area contributed by atoms with Crippen molar-refractivity contribution < 1.29 is 4.74 Å². The Morgan fingerprint density at radius 3 is 1.78 bits per heavy atom. The first-order valence-corrected chi connectivity index (χ1v) is 6.64. The van der Waals surface area contributed by atoms with Gasteiger partial charge in [-0.2, -0.15) is 0 Å². The van der Waals surface area contributed by atoms with E-state index in [9.17, 15) is 0 Å². The Bertz CT molecular complexity index is 416. The van der Waals surface area contributed by atoms with Gasteiger partial charge >= 0.3 is 0 Å². The van der Waals surface area contributed by atoms with E-state index in [4.69, 9.17) is 10.5 Å². The predicted octanol–water partition coefficient (Wildman–Crippen LogP) is 2.99. The molecule has 1 aliphatic rings. The van der Waals surface area contributed by atoms with Crippen LogP contribution in [0.5, 0.6) is 0 Å². The maximum Gasteiger partial charge on any atom is 0.0603 e. The van der Waals surface area contributed by atoms with Crippen molar-refractivity contribution in [2.45, 2.75) is 51.0 Å². The van der Waals surface area contributed by atoms with Crippen LogP contribution in [0.25, 0.3) is 0 Å². The van der Waals surface area contributed by atoms with E-state index < -0.39 is 0 Å². The van der Waals surface area contributed by atoms with Gasteiger partial charge in [0, 0.05) is 5.54 Å². The minimum atomic E-state index is -0.255. The third kappa shape index (κ3) is 2.08. The lowest BCUT2D eigenvalue weighted by molar-refractivity contribution is -0.0919. The van der Waals surface area contributed by atoms with Crippen LogP contribution >= 0.6 is 0 Å². The summed E-state index contributed by atoms with van der Waals surface area (Å²) in [6.45, 7) is 12.3. The minimum absolute atomic E-state index is 0.0244. The van der Waals surface area contributed by atoms with Gasteiger partial charge in [-0.3, -0.25) is 0 Å². The Morgan fingerprint density at radius 2 is 1.50 bits per heavy atom. The molecule has 100 valence electrons. The van der Waals surface area contributed by atoms with Gasteiger partial charge < -0.3 is 10.5 Å². The third-order valence-corrected chi connectivity index (χ3v) is 4.23. The first-order valence-electron chi connectivity index (χ1n) is 6.64. The Labute approximate surface area is 111 Å². The molecule has 18 heavy (non-hydrogen) atoms. The molecule has 0 aromatic heterocycles. The summed E-state index contributed by atoms with van der Waals surface area (Å²) in [7, 11) is 0. The van der Waals surface area contributed by atoms with E-state index in [0.29, 0.717) is 0 Å². The number of nitrogens with two attached hydrogens (primary N) is 1. The molecule has 2 nitrogen and oxygen atoms in total. The van der Waals surface area contributed by atoms with Gasteiger partial charge in [0.05, 0.1) is 18.6 Å². The Morgan fingerprint density at radius 1 is 1.00 bits per heavy atom. The Balaban J connectivity index is 2.35. The fourth-order valence-electron chi connectivity index (χ4n) is 2.51. The Kier molecular flexibility index (Phi) is 3.07. The second kappa shape index (κ2) is 4.07. The highest BCUT2D eigenvalue weighted by Gasteiger charge is 2.50. The van der Waals surface area contributed by atoms with Gasteiger partial charge in [0.2, 0.25) is 0 Å². The maximum atomic E-state index is 6.35. The van der Waals surface area contributed by atoms with E-state index in [1.165, 1.54) is 11.1 Å². The number of hydrogen-bond acceptors (Lipinski definition) is 2. The SMILES string of the molecule is CC(C)(C)c1ccc(C2(C(C)(C)N)COC2)cc1. The molecule has 0 radical (unpaired) electrons. The van der Waals surface area contributed by atoms with Gasteiger partial charge in [-0.1, -0.05) is 45.0 Å². The standard InChI is InChI=1S/C16H25NO/c1-14(2,3)12-6-8-13(9-7-12)16(10-18-11-16)15(4,5)17/h6-9H,10-11,17H2,1-5H3. The number of hydrogen-bond donors (Lipinski definition) is 1. The summed E-state index contributed by atoms with van der Waals surface area (Å²) in [5.74, 6) is 0. The topological polar surface area (TPSA) is 35.2 Å². The molecule has 0 aliphatic carbocycles. The second-order valence-electron chi connectivity index (χ2n) is 7.12. The Hall–Kier alpha value is -0.860. The number of benzene rings is 1. The van der Waals surface area contributed by atoms with Crippen molar-refractivity contribution in [3.8, 4) is 0 Å². The molecule has 0 bridgehead atoms. The van der Waals surface area contributed by atoms with Crippen molar-refractivity contribution in [3.05, 3.63) is 35.4 Å². The van der Waals surface area contributed by atoms with Gasteiger partial charge in [-0.15, -0.1) is 0 Å². The average Bonchev–Trinajstić information content (AvgIpc) is 2.12. The molecule has 2 heteroatoms. The first-order chi connectivity index (χ1) is 8.17. The molecule has 1 heterocycles. The molecule has 0 saturated carbocycles. The summed E-state index contributed by atoms with van der Waals surface area (Å²) >= 11 is 0. The van der Waals surface area contributed by atoms with Crippen LogP contribution in [0.2, 0.25) is 0 Å². The van der Waals surface area contributed by atoms with Crippen molar-refractivity contribution in [3.63, 3.8) is 0 Å². The average molecular weight is 247 g/mol.